The van der Waals surface area contributed by atoms with Crippen LogP contribution in [0, 0.1) is 0 Å². The quantitative estimate of drug-likeness (QED) is 0.817. The molecule has 2 atom stereocenters. The SMILES string of the molecule is CC(Nc1ccccc1)C(=O)C1CNCCO1. The molecule has 4 heteroatoms. The maximum Gasteiger partial charge on any atom is 0.184 e. The summed E-state index contributed by atoms with van der Waals surface area (Å²) in [6.07, 6.45) is -0.324. The lowest BCUT2D eigenvalue weighted by molar-refractivity contribution is -0.132. The van der Waals surface area contributed by atoms with Crippen molar-refractivity contribution < 1.29 is 9.53 Å². The van der Waals surface area contributed by atoms with E-state index in [1.54, 1.807) is 0 Å². The summed E-state index contributed by atoms with van der Waals surface area (Å²) < 4.78 is 5.45. The molecule has 0 aromatic heterocycles. The van der Waals surface area contributed by atoms with E-state index in [4.69, 9.17) is 4.74 Å². The summed E-state index contributed by atoms with van der Waals surface area (Å²) >= 11 is 0. The zero-order valence-corrected chi connectivity index (χ0v) is 9.98. The standard InChI is InChI=1S/C13H18N2O2/c1-10(15-11-5-3-2-4-6-11)13(16)12-9-14-7-8-17-12/h2-6,10,12,14-15H,7-9H2,1H3. The van der Waals surface area contributed by atoms with Gasteiger partial charge in [-0.15, -0.1) is 0 Å². The Morgan fingerprint density at radius 3 is 2.88 bits per heavy atom. The predicted molar refractivity (Wildman–Crippen MR) is 67.1 cm³/mol. The monoisotopic (exact) mass is 234 g/mol. The van der Waals surface area contributed by atoms with E-state index in [0.29, 0.717) is 13.2 Å². The van der Waals surface area contributed by atoms with Crippen molar-refractivity contribution in [3.8, 4) is 0 Å². The molecule has 2 N–H and O–H groups in total. The number of rotatable bonds is 4. The highest BCUT2D eigenvalue weighted by atomic mass is 16.5. The van der Waals surface area contributed by atoms with Gasteiger partial charge in [0.15, 0.2) is 5.78 Å². The molecule has 0 aliphatic carbocycles. The summed E-state index contributed by atoms with van der Waals surface area (Å²) in [5.74, 6) is 0.0982. The first-order chi connectivity index (χ1) is 8.27. The van der Waals surface area contributed by atoms with Crippen molar-refractivity contribution in [1.82, 2.24) is 5.32 Å². The molecule has 0 spiro atoms. The Hall–Kier alpha value is -1.39. The van der Waals surface area contributed by atoms with Crippen molar-refractivity contribution in [2.75, 3.05) is 25.0 Å². The Morgan fingerprint density at radius 2 is 2.24 bits per heavy atom. The molecule has 1 aromatic carbocycles. The molecule has 1 fully saturated rings. The number of nitrogens with one attached hydrogen (secondary N) is 2. The van der Waals surface area contributed by atoms with E-state index in [1.165, 1.54) is 0 Å². The fraction of sp³-hybridized carbons (Fsp3) is 0.462. The van der Waals surface area contributed by atoms with Gasteiger partial charge in [-0.25, -0.2) is 0 Å². The fourth-order valence-electron chi connectivity index (χ4n) is 1.88. The third-order valence-electron chi connectivity index (χ3n) is 2.83. The highest BCUT2D eigenvalue weighted by molar-refractivity contribution is 5.90. The van der Waals surface area contributed by atoms with Crippen molar-refractivity contribution >= 4 is 11.5 Å². The van der Waals surface area contributed by atoms with Gasteiger partial charge in [0, 0.05) is 18.8 Å². The van der Waals surface area contributed by atoms with E-state index >= 15 is 0 Å². The zero-order valence-electron chi connectivity index (χ0n) is 9.98. The fourth-order valence-corrected chi connectivity index (χ4v) is 1.88. The third-order valence-corrected chi connectivity index (χ3v) is 2.83. The minimum atomic E-state index is -0.324. The van der Waals surface area contributed by atoms with Crippen LogP contribution in [-0.4, -0.2) is 37.6 Å². The summed E-state index contributed by atoms with van der Waals surface area (Å²) in [4.78, 5) is 12.1. The van der Waals surface area contributed by atoms with Crippen molar-refractivity contribution in [2.24, 2.45) is 0 Å². The number of hydrogen-bond acceptors (Lipinski definition) is 4. The maximum absolute atomic E-state index is 12.1. The number of morpholine rings is 1. The normalized spacial score (nSPS) is 21.8. The second-order valence-corrected chi connectivity index (χ2v) is 4.20. The number of para-hydroxylation sites is 1. The Labute approximate surface area is 101 Å². The second kappa shape index (κ2) is 5.80. The molecule has 1 heterocycles. The smallest absolute Gasteiger partial charge is 0.184 e. The summed E-state index contributed by atoms with van der Waals surface area (Å²) in [5, 5.41) is 6.34. The number of carbonyl (C=O) groups is 1. The lowest BCUT2D eigenvalue weighted by Gasteiger charge is -2.25. The lowest BCUT2D eigenvalue weighted by Crippen LogP contribution is -2.47. The van der Waals surface area contributed by atoms with E-state index in [2.05, 4.69) is 10.6 Å². The molecule has 1 aliphatic heterocycles. The number of anilines is 1. The number of carbonyl (C=O) groups excluding carboxylic acids is 1. The molecule has 2 unspecified atom stereocenters. The summed E-state index contributed by atoms with van der Waals surface area (Å²) in [6.45, 7) is 3.91. The van der Waals surface area contributed by atoms with Gasteiger partial charge in [0.1, 0.15) is 6.10 Å². The van der Waals surface area contributed by atoms with E-state index in [9.17, 15) is 4.79 Å². The van der Waals surface area contributed by atoms with Crippen molar-refractivity contribution in [3.63, 3.8) is 0 Å². The molecule has 1 aromatic rings. The highest BCUT2D eigenvalue weighted by Gasteiger charge is 2.26. The van der Waals surface area contributed by atoms with Gasteiger partial charge in [-0.1, -0.05) is 18.2 Å². The van der Waals surface area contributed by atoms with Gasteiger partial charge in [-0.2, -0.15) is 0 Å². The molecule has 0 amide bonds. The van der Waals surface area contributed by atoms with Gasteiger partial charge in [0.05, 0.1) is 12.6 Å². The third kappa shape index (κ3) is 3.28. The van der Waals surface area contributed by atoms with Crippen LogP contribution in [-0.2, 0) is 9.53 Å². The molecule has 4 nitrogen and oxygen atoms in total. The van der Waals surface area contributed by atoms with Crippen LogP contribution in [0.5, 0.6) is 0 Å². The van der Waals surface area contributed by atoms with E-state index in [0.717, 1.165) is 12.2 Å². The number of benzene rings is 1. The van der Waals surface area contributed by atoms with Crippen LogP contribution >= 0.6 is 0 Å². The first-order valence-electron chi connectivity index (χ1n) is 5.95. The van der Waals surface area contributed by atoms with Crippen molar-refractivity contribution in [3.05, 3.63) is 30.3 Å². The molecule has 2 rings (SSSR count). The van der Waals surface area contributed by atoms with Crippen LogP contribution in [0.2, 0.25) is 0 Å². The molecular formula is C13H18N2O2. The Bertz CT molecular complexity index is 361. The van der Waals surface area contributed by atoms with Crippen LogP contribution in [0.25, 0.3) is 0 Å². The number of ketones is 1. The molecule has 1 aliphatic rings. The van der Waals surface area contributed by atoms with Crippen LogP contribution in [0.3, 0.4) is 0 Å². The minimum absolute atomic E-state index is 0.0982. The summed E-state index contributed by atoms with van der Waals surface area (Å²) in [6, 6.07) is 9.50. The average Bonchev–Trinajstić information content (AvgIpc) is 2.40. The van der Waals surface area contributed by atoms with Crippen LogP contribution in [0.1, 0.15) is 6.92 Å². The molecule has 0 saturated carbocycles. The number of hydrogen-bond donors (Lipinski definition) is 2. The lowest BCUT2D eigenvalue weighted by atomic mass is 10.1. The van der Waals surface area contributed by atoms with Gasteiger partial charge in [0.2, 0.25) is 0 Å². The van der Waals surface area contributed by atoms with Gasteiger partial charge in [-0.05, 0) is 19.1 Å². The summed E-state index contributed by atoms with van der Waals surface area (Å²) in [5.41, 5.74) is 0.956. The van der Waals surface area contributed by atoms with Gasteiger partial charge >= 0.3 is 0 Å². The number of ether oxygens (including phenoxy) is 1. The molecule has 92 valence electrons. The Kier molecular flexibility index (Phi) is 4.12. The van der Waals surface area contributed by atoms with E-state index in [1.807, 2.05) is 37.3 Å². The van der Waals surface area contributed by atoms with Gasteiger partial charge < -0.3 is 15.4 Å². The maximum atomic E-state index is 12.1. The highest BCUT2D eigenvalue weighted by Crippen LogP contribution is 2.09. The largest absolute Gasteiger partial charge is 0.375 e. The van der Waals surface area contributed by atoms with E-state index in [-0.39, 0.29) is 17.9 Å². The Morgan fingerprint density at radius 1 is 1.47 bits per heavy atom. The van der Waals surface area contributed by atoms with Gasteiger partial charge in [-0.3, -0.25) is 4.79 Å². The zero-order chi connectivity index (χ0) is 12.1. The first kappa shape index (κ1) is 12.1. The van der Waals surface area contributed by atoms with Crippen LogP contribution in [0.4, 0.5) is 5.69 Å². The molecule has 0 radical (unpaired) electrons. The molecule has 17 heavy (non-hydrogen) atoms. The Balaban J connectivity index is 1.90. The van der Waals surface area contributed by atoms with Crippen LogP contribution in [0.15, 0.2) is 30.3 Å². The molecule has 0 bridgehead atoms. The molecular weight excluding hydrogens is 216 g/mol. The number of Topliss-reactive ketones (excluding diaryl/α,β-unsaturated/α-hetero) is 1. The van der Waals surface area contributed by atoms with Crippen molar-refractivity contribution in [2.45, 2.75) is 19.1 Å². The van der Waals surface area contributed by atoms with Crippen molar-refractivity contribution in [1.29, 1.82) is 0 Å². The first-order valence-corrected chi connectivity index (χ1v) is 5.95. The second-order valence-electron chi connectivity index (χ2n) is 4.20. The van der Waals surface area contributed by atoms with Crippen LogP contribution < -0.4 is 10.6 Å². The topological polar surface area (TPSA) is 50.4 Å². The molecule has 1 saturated heterocycles. The minimum Gasteiger partial charge on any atom is -0.375 e. The van der Waals surface area contributed by atoms with E-state index < -0.39 is 0 Å². The predicted octanol–water partition coefficient (Wildman–Crippen LogP) is 1.04. The summed E-state index contributed by atoms with van der Waals surface area (Å²) in [7, 11) is 0. The average molecular weight is 234 g/mol. The van der Waals surface area contributed by atoms with Gasteiger partial charge in [0.25, 0.3) is 0 Å².